The number of hydrogen-bond acceptors (Lipinski definition) is 4. The van der Waals surface area contributed by atoms with Crippen LogP contribution in [0.3, 0.4) is 0 Å². The van der Waals surface area contributed by atoms with Gasteiger partial charge < -0.3 is 9.47 Å². The van der Waals surface area contributed by atoms with Crippen LogP contribution < -0.4 is 0 Å². The summed E-state index contributed by atoms with van der Waals surface area (Å²) in [6, 6.07) is 0. The molecule has 1 aliphatic rings. The summed E-state index contributed by atoms with van der Waals surface area (Å²) >= 11 is 0. The number of methoxy groups -OCH3 is 1. The molecule has 0 aromatic carbocycles. The Kier molecular flexibility index (Phi) is 3.84. The van der Waals surface area contributed by atoms with Crippen LogP contribution in [0.1, 0.15) is 47.0 Å². The normalized spacial score (nSPS) is 19.4. The molecular formula is C13H22O4. The van der Waals surface area contributed by atoms with Crippen LogP contribution in [0.2, 0.25) is 0 Å². The lowest BCUT2D eigenvalue weighted by Gasteiger charge is -2.23. The molecule has 98 valence electrons. The maximum Gasteiger partial charge on any atom is 0.311 e. The van der Waals surface area contributed by atoms with Gasteiger partial charge in [-0.3, -0.25) is 9.59 Å². The van der Waals surface area contributed by atoms with E-state index >= 15 is 0 Å². The van der Waals surface area contributed by atoms with E-state index < -0.39 is 11.0 Å². The lowest BCUT2D eigenvalue weighted by Crippen LogP contribution is -2.30. The molecule has 1 rings (SSSR count). The van der Waals surface area contributed by atoms with Gasteiger partial charge in [0.15, 0.2) is 0 Å². The van der Waals surface area contributed by atoms with Crippen molar-refractivity contribution in [3.8, 4) is 0 Å². The summed E-state index contributed by atoms with van der Waals surface area (Å²) in [4.78, 5) is 23.4. The number of rotatable bonds is 4. The summed E-state index contributed by atoms with van der Waals surface area (Å²) in [6.07, 6.45) is 2.15. The summed E-state index contributed by atoms with van der Waals surface area (Å²) < 4.78 is 10.1. The molecular weight excluding hydrogens is 220 g/mol. The van der Waals surface area contributed by atoms with E-state index in [4.69, 9.17) is 9.47 Å². The van der Waals surface area contributed by atoms with E-state index in [9.17, 15) is 9.59 Å². The second-order valence-electron chi connectivity index (χ2n) is 5.91. The predicted octanol–water partition coefficient (Wildman–Crippen LogP) is 2.31. The van der Waals surface area contributed by atoms with Gasteiger partial charge in [-0.25, -0.2) is 0 Å². The Balaban J connectivity index is 2.52. The zero-order chi connectivity index (χ0) is 13.3. The highest BCUT2D eigenvalue weighted by Gasteiger charge is 2.52. The third-order valence-electron chi connectivity index (χ3n) is 2.98. The van der Waals surface area contributed by atoms with Gasteiger partial charge in [0, 0.05) is 0 Å². The zero-order valence-electron chi connectivity index (χ0n) is 11.3. The fraction of sp³-hybridized carbons (Fsp3) is 0.846. The molecule has 0 saturated heterocycles. The van der Waals surface area contributed by atoms with Crippen molar-refractivity contribution in [2.75, 3.05) is 7.11 Å². The van der Waals surface area contributed by atoms with Gasteiger partial charge in [-0.1, -0.05) is 6.92 Å². The summed E-state index contributed by atoms with van der Waals surface area (Å²) in [5.74, 6) is -0.712. The van der Waals surface area contributed by atoms with E-state index in [2.05, 4.69) is 0 Å². The first kappa shape index (κ1) is 14.0. The smallest absolute Gasteiger partial charge is 0.311 e. The third kappa shape index (κ3) is 3.72. The monoisotopic (exact) mass is 242 g/mol. The van der Waals surface area contributed by atoms with Gasteiger partial charge in [0.2, 0.25) is 0 Å². The average molecular weight is 242 g/mol. The molecule has 17 heavy (non-hydrogen) atoms. The highest BCUT2D eigenvalue weighted by atomic mass is 16.6. The number of esters is 2. The first-order chi connectivity index (χ1) is 7.70. The van der Waals surface area contributed by atoms with E-state index in [0.29, 0.717) is 6.42 Å². The Bertz CT molecular complexity index is 310. The van der Waals surface area contributed by atoms with Gasteiger partial charge in [-0.15, -0.1) is 0 Å². The molecule has 0 N–H and O–H groups in total. The highest BCUT2D eigenvalue weighted by Crippen LogP contribution is 2.51. The fourth-order valence-corrected chi connectivity index (χ4v) is 1.93. The van der Waals surface area contributed by atoms with Gasteiger partial charge in [-0.05, 0) is 40.0 Å². The second kappa shape index (κ2) is 4.67. The van der Waals surface area contributed by atoms with Crippen molar-refractivity contribution in [1.29, 1.82) is 0 Å². The summed E-state index contributed by atoms with van der Waals surface area (Å²) in [5.41, 5.74) is -0.904. The molecule has 1 aliphatic carbocycles. The number of ether oxygens (including phenoxy) is 2. The molecule has 4 heteroatoms. The minimum absolute atomic E-state index is 0.201. The maximum absolute atomic E-state index is 11.8. The summed E-state index contributed by atoms with van der Waals surface area (Å²) in [7, 11) is 1.39. The van der Waals surface area contributed by atoms with Crippen molar-refractivity contribution in [3.05, 3.63) is 0 Å². The van der Waals surface area contributed by atoms with Crippen LogP contribution in [0.25, 0.3) is 0 Å². The van der Waals surface area contributed by atoms with Gasteiger partial charge in [0.05, 0.1) is 18.4 Å². The predicted molar refractivity (Wildman–Crippen MR) is 63.3 cm³/mol. The van der Waals surface area contributed by atoms with Crippen molar-refractivity contribution >= 4 is 11.9 Å². The maximum atomic E-state index is 11.8. The second-order valence-corrected chi connectivity index (χ2v) is 5.91. The quantitative estimate of drug-likeness (QED) is 0.710. The first-order valence-corrected chi connectivity index (χ1v) is 6.01. The van der Waals surface area contributed by atoms with Crippen molar-refractivity contribution in [2.24, 2.45) is 11.3 Å². The van der Waals surface area contributed by atoms with Crippen LogP contribution in [-0.4, -0.2) is 24.6 Å². The van der Waals surface area contributed by atoms with Crippen molar-refractivity contribution in [3.63, 3.8) is 0 Å². The Hall–Kier alpha value is -1.06. The summed E-state index contributed by atoms with van der Waals surface area (Å²) in [6.45, 7) is 7.32. The SMILES string of the molecule is COC(=O)C1(CC(C)C(=O)OC(C)(C)C)CC1. The molecule has 1 unspecified atom stereocenters. The van der Waals surface area contributed by atoms with E-state index in [-0.39, 0.29) is 17.9 Å². The number of carbonyl (C=O) groups excluding carboxylic acids is 2. The number of carbonyl (C=O) groups is 2. The van der Waals surface area contributed by atoms with Crippen LogP contribution in [0.15, 0.2) is 0 Å². The topological polar surface area (TPSA) is 52.6 Å². The van der Waals surface area contributed by atoms with Crippen molar-refractivity contribution < 1.29 is 19.1 Å². The molecule has 0 aromatic heterocycles. The van der Waals surface area contributed by atoms with Gasteiger partial charge in [0.25, 0.3) is 0 Å². The minimum atomic E-state index is -0.479. The van der Waals surface area contributed by atoms with Crippen molar-refractivity contribution in [1.82, 2.24) is 0 Å². The van der Waals surface area contributed by atoms with Crippen LogP contribution in [-0.2, 0) is 19.1 Å². The van der Waals surface area contributed by atoms with Crippen LogP contribution >= 0.6 is 0 Å². The van der Waals surface area contributed by atoms with E-state index in [1.165, 1.54) is 7.11 Å². The first-order valence-electron chi connectivity index (χ1n) is 6.01. The third-order valence-corrected chi connectivity index (χ3v) is 2.98. The Morgan fingerprint density at radius 3 is 2.18 bits per heavy atom. The van der Waals surface area contributed by atoms with E-state index in [0.717, 1.165) is 12.8 Å². The molecule has 1 saturated carbocycles. The molecule has 1 fully saturated rings. The molecule has 0 heterocycles. The number of hydrogen-bond donors (Lipinski definition) is 0. The van der Waals surface area contributed by atoms with Gasteiger partial charge >= 0.3 is 11.9 Å². The molecule has 0 aromatic rings. The van der Waals surface area contributed by atoms with Gasteiger partial charge in [-0.2, -0.15) is 0 Å². The summed E-state index contributed by atoms with van der Waals surface area (Å²) in [5, 5.41) is 0. The standard InChI is InChI=1S/C13H22O4/c1-9(10(14)17-12(2,3)4)8-13(6-7-13)11(15)16-5/h9H,6-8H2,1-5H3. The fourth-order valence-electron chi connectivity index (χ4n) is 1.93. The zero-order valence-corrected chi connectivity index (χ0v) is 11.3. The van der Waals surface area contributed by atoms with E-state index in [1.54, 1.807) is 6.92 Å². The lowest BCUT2D eigenvalue weighted by atomic mass is 9.93. The molecule has 1 atom stereocenters. The molecule has 0 amide bonds. The van der Waals surface area contributed by atoms with Crippen molar-refractivity contribution in [2.45, 2.75) is 52.6 Å². The molecule has 4 nitrogen and oxygen atoms in total. The van der Waals surface area contributed by atoms with Crippen LogP contribution in [0.4, 0.5) is 0 Å². The van der Waals surface area contributed by atoms with Crippen LogP contribution in [0, 0.1) is 11.3 Å². The Labute approximate surface area is 103 Å². The largest absolute Gasteiger partial charge is 0.469 e. The Morgan fingerprint density at radius 1 is 1.29 bits per heavy atom. The van der Waals surface area contributed by atoms with E-state index in [1.807, 2.05) is 20.8 Å². The van der Waals surface area contributed by atoms with Crippen LogP contribution in [0.5, 0.6) is 0 Å². The molecule has 0 spiro atoms. The van der Waals surface area contributed by atoms with Gasteiger partial charge in [0.1, 0.15) is 5.60 Å². The average Bonchev–Trinajstić information content (AvgIpc) is 2.95. The molecule has 0 aliphatic heterocycles. The molecule has 0 radical (unpaired) electrons. The molecule has 0 bridgehead atoms. The Morgan fingerprint density at radius 2 is 1.82 bits per heavy atom. The highest BCUT2D eigenvalue weighted by molar-refractivity contribution is 5.81. The minimum Gasteiger partial charge on any atom is -0.469 e. The lowest BCUT2D eigenvalue weighted by molar-refractivity contribution is -0.161.